The minimum absolute atomic E-state index is 0.154. The fourth-order valence-electron chi connectivity index (χ4n) is 2.48. The summed E-state index contributed by atoms with van der Waals surface area (Å²) in [6.45, 7) is 1.32. The molecule has 0 aliphatic heterocycles. The van der Waals surface area contributed by atoms with Crippen molar-refractivity contribution in [3.05, 3.63) is 77.6 Å². The molecular formula is C20H21ClN4O2. The highest BCUT2D eigenvalue weighted by Crippen LogP contribution is 2.15. The molecule has 7 heteroatoms. The number of aromatic nitrogens is 2. The van der Waals surface area contributed by atoms with Crippen molar-refractivity contribution in [1.29, 1.82) is 0 Å². The Kier molecular flexibility index (Phi) is 6.33. The highest BCUT2D eigenvalue weighted by Gasteiger charge is 2.08. The van der Waals surface area contributed by atoms with Gasteiger partial charge in [0, 0.05) is 31.0 Å². The molecule has 0 saturated carbocycles. The van der Waals surface area contributed by atoms with Gasteiger partial charge in [-0.15, -0.1) is 0 Å². The van der Waals surface area contributed by atoms with Gasteiger partial charge in [0.05, 0.1) is 12.2 Å². The quantitative estimate of drug-likeness (QED) is 0.675. The molecule has 0 bridgehead atoms. The van der Waals surface area contributed by atoms with Gasteiger partial charge in [0.2, 0.25) is 0 Å². The monoisotopic (exact) mass is 384 g/mol. The van der Waals surface area contributed by atoms with Crippen LogP contribution in [-0.4, -0.2) is 40.9 Å². The van der Waals surface area contributed by atoms with E-state index >= 15 is 0 Å². The highest BCUT2D eigenvalue weighted by atomic mass is 35.5. The molecule has 140 valence electrons. The maximum absolute atomic E-state index is 12.2. The Labute approximate surface area is 163 Å². The Morgan fingerprint density at radius 1 is 1.22 bits per heavy atom. The van der Waals surface area contributed by atoms with Gasteiger partial charge in [-0.1, -0.05) is 23.7 Å². The van der Waals surface area contributed by atoms with E-state index in [0.717, 1.165) is 17.0 Å². The van der Waals surface area contributed by atoms with Crippen LogP contribution in [0.1, 0.15) is 5.56 Å². The zero-order valence-electron chi connectivity index (χ0n) is 15.0. The largest absolute Gasteiger partial charge is 0.492 e. The molecule has 1 heterocycles. The van der Waals surface area contributed by atoms with Crippen LogP contribution in [0.4, 0.5) is 4.79 Å². The summed E-state index contributed by atoms with van der Waals surface area (Å²) in [4.78, 5) is 13.8. The first-order valence-corrected chi connectivity index (χ1v) is 8.96. The number of halogens is 1. The summed E-state index contributed by atoms with van der Waals surface area (Å²) in [6.07, 6.45) is 3.61. The van der Waals surface area contributed by atoms with Crippen LogP contribution in [0.5, 0.6) is 5.75 Å². The van der Waals surface area contributed by atoms with Crippen molar-refractivity contribution >= 4 is 17.6 Å². The third kappa shape index (κ3) is 5.49. The van der Waals surface area contributed by atoms with E-state index in [1.165, 1.54) is 0 Å². The van der Waals surface area contributed by atoms with Gasteiger partial charge in [-0.05, 0) is 48.0 Å². The first-order chi connectivity index (χ1) is 13.1. The lowest BCUT2D eigenvalue weighted by molar-refractivity contribution is 0.195. The van der Waals surface area contributed by atoms with Gasteiger partial charge in [-0.2, -0.15) is 5.10 Å². The Morgan fingerprint density at radius 3 is 2.78 bits per heavy atom. The van der Waals surface area contributed by atoms with E-state index in [1.54, 1.807) is 47.1 Å². The number of carbonyl (C=O) groups is 1. The van der Waals surface area contributed by atoms with Gasteiger partial charge in [-0.25, -0.2) is 9.48 Å². The van der Waals surface area contributed by atoms with E-state index in [4.69, 9.17) is 16.3 Å². The van der Waals surface area contributed by atoms with E-state index in [-0.39, 0.29) is 6.03 Å². The lowest BCUT2D eigenvalue weighted by Crippen LogP contribution is -2.39. The highest BCUT2D eigenvalue weighted by molar-refractivity contribution is 6.30. The molecule has 6 nitrogen and oxygen atoms in total. The van der Waals surface area contributed by atoms with Gasteiger partial charge in [0.25, 0.3) is 0 Å². The summed E-state index contributed by atoms with van der Waals surface area (Å²) in [7, 11) is 1.74. The van der Waals surface area contributed by atoms with Gasteiger partial charge in [0.15, 0.2) is 0 Å². The van der Waals surface area contributed by atoms with E-state index < -0.39 is 0 Å². The van der Waals surface area contributed by atoms with Crippen molar-refractivity contribution in [2.75, 3.05) is 20.2 Å². The minimum Gasteiger partial charge on any atom is -0.492 e. The van der Waals surface area contributed by atoms with Crippen molar-refractivity contribution < 1.29 is 9.53 Å². The Balaban J connectivity index is 1.44. The molecule has 0 atom stereocenters. The summed E-state index contributed by atoms with van der Waals surface area (Å²) in [5, 5.41) is 7.79. The molecule has 0 aliphatic rings. The number of urea groups is 1. The Morgan fingerprint density at radius 2 is 2.04 bits per heavy atom. The fraction of sp³-hybridized carbons (Fsp3) is 0.200. The van der Waals surface area contributed by atoms with Crippen LogP contribution in [0.15, 0.2) is 67.0 Å². The van der Waals surface area contributed by atoms with Crippen molar-refractivity contribution in [3.8, 4) is 11.4 Å². The maximum atomic E-state index is 12.2. The van der Waals surface area contributed by atoms with Crippen LogP contribution in [0.3, 0.4) is 0 Å². The normalized spacial score (nSPS) is 10.4. The molecule has 0 aliphatic carbocycles. The Hall–Kier alpha value is -2.99. The fourth-order valence-corrected chi connectivity index (χ4v) is 2.60. The second kappa shape index (κ2) is 9.09. The first kappa shape index (κ1) is 18.8. The average molecular weight is 385 g/mol. The number of nitrogens with zero attached hydrogens (tertiary/aromatic N) is 3. The van der Waals surface area contributed by atoms with Crippen LogP contribution >= 0.6 is 11.6 Å². The van der Waals surface area contributed by atoms with Crippen molar-refractivity contribution in [1.82, 2.24) is 20.0 Å². The van der Waals surface area contributed by atoms with Crippen molar-refractivity contribution in [2.45, 2.75) is 6.54 Å². The zero-order valence-corrected chi connectivity index (χ0v) is 15.8. The number of rotatable bonds is 7. The number of likely N-dealkylation sites (N-methyl/N-ethyl adjacent to an activating group) is 1. The van der Waals surface area contributed by atoms with E-state index in [9.17, 15) is 4.79 Å². The summed E-state index contributed by atoms with van der Waals surface area (Å²) in [6, 6.07) is 16.7. The molecule has 2 aromatic carbocycles. The van der Waals surface area contributed by atoms with Crippen LogP contribution in [0.2, 0.25) is 5.02 Å². The third-order valence-corrected chi connectivity index (χ3v) is 4.23. The molecule has 1 N–H and O–H groups in total. The van der Waals surface area contributed by atoms with Gasteiger partial charge in [-0.3, -0.25) is 0 Å². The maximum Gasteiger partial charge on any atom is 0.317 e. The number of carbonyl (C=O) groups excluding carboxylic acids is 1. The van der Waals surface area contributed by atoms with E-state index in [0.29, 0.717) is 24.7 Å². The number of hydrogen-bond donors (Lipinski definition) is 1. The number of ether oxygens (including phenoxy) is 1. The van der Waals surface area contributed by atoms with Gasteiger partial charge < -0.3 is 15.0 Å². The molecule has 0 saturated heterocycles. The van der Waals surface area contributed by atoms with E-state index in [1.807, 2.05) is 36.5 Å². The topological polar surface area (TPSA) is 59.4 Å². The van der Waals surface area contributed by atoms with Gasteiger partial charge in [0.1, 0.15) is 12.4 Å². The molecular weight excluding hydrogens is 364 g/mol. The standard InChI is InChI=1S/C20H21ClN4O2/c1-24(12-13-27-19-8-6-17(21)7-9-19)20(26)22-15-16-4-2-5-18(14-16)25-11-3-10-23-25/h2-11,14H,12-13,15H2,1H3,(H,22,26). The van der Waals surface area contributed by atoms with Crippen molar-refractivity contribution in [3.63, 3.8) is 0 Å². The molecule has 1 aromatic heterocycles. The predicted octanol–water partition coefficient (Wildman–Crippen LogP) is 3.75. The molecule has 0 fully saturated rings. The van der Waals surface area contributed by atoms with Crippen LogP contribution in [-0.2, 0) is 6.54 Å². The molecule has 0 spiro atoms. The summed E-state index contributed by atoms with van der Waals surface area (Å²) >= 11 is 5.84. The summed E-state index contributed by atoms with van der Waals surface area (Å²) < 4.78 is 7.39. The van der Waals surface area contributed by atoms with Crippen LogP contribution in [0.25, 0.3) is 5.69 Å². The molecule has 0 radical (unpaired) electrons. The number of amides is 2. The minimum atomic E-state index is -0.154. The smallest absolute Gasteiger partial charge is 0.317 e. The zero-order chi connectivity index (χ0) is 19.1. The molecule has 3 aromatic rings. The second-order valence-electron chi connectivity index (χ2n) is 6.00. The molecule has 2 amide bonds. The molecule has 3 rings (SSSR count). The average Bonchev–Trinajstić information content (AvgIpc) is 3.22. The Bertz CT molecular complexity index is 866. The van der Waals surface area contributed by atoms with E-state index in [2.05, 4.69) is 10.4 Å². The number of hydrogen-bond acceptors (Lipinski definition) is 3. The third-order valence-electron chi connectivity index (χ3n) is 3.98. The molecule has 27 heavy (non-hydrogen) atoms. The van der Waals surface area contributed by atoms with Crippen LogP contribution < -0.4 is 10.1 Å². The SMILES string of the molecule is CN(CCOc1ccc(Cl)cc1)C(=O)NCc1cccc(-n2cccn2)c1. The van der Waals surface area contributed by atoms with Gasteiger partial charge >= 0.3 is 6.03 Å². The molecule has 0 unspecified atom stereocenters. The lowest BCUT2D eigenvalue weighted by atomic mass is 10.2. The number of nitrogens with one attached hydrogen (secondary N) is 1. The first-order valence-electron chi connectivity index (χ1n) is 8.58. The second-order valence-corrected chi connectivity index (χ2v) is 6.44. The summed E-state index contributed by atoms with van der Waals surface area (Å²) in [5.74, 6) is 0.726. The van der Waals surface area contributed by atoms with Crippen molar-refractivity contribution in [2.24, 2.45) is 0 Å². The summed E-state index contributed by atoms with van der Waals surface area (Å²) in [5.41, 5.74) is 1.96. The van der Waals surface area contributed by atoms with Crippen LogP contribution in [0, 0.1) is 0 Å². The lowest BCUT2D eigenvalue weighted by Gasteiger charge is -2.18. The number of benzene rings is 2. The predicted molar refractivity (Wildman–Crippen MR) is 105 cm³/mol.